The van der Waals surface area contributed by atoms with Crippen LogP contribution in [0, 0.1) is 12.7 Å². The first-order valence-electron chi connectivity index (χ1n) is 8.91. The van der Waals surface area contributed by atoms with Gasteiger partial charge in [0.25, 0.3) is 5.91 Å². The van der Waals surface area contributed by atoms with Gasteiger partial charge in [-0.1, -0.05) is 24.3 Å². The highest BCUT2D eigenvalue weighted by Gasteiger charge is 2.23. The van der Waals surface area contributed by atoms with Gasteiger partial charge in [0.05, 0.1) is 16.8 Å². The van der Waals surface area contributed by atoms with E-state index in [0.717, 1.165) is 35.5 Å². The summed E-state index contributed by atoms with van der Waals surface area (Å²) < 4.78 is 14.0. The molecule has 6 heteroatoms. The number of para-hydroxylation sites is 1. The average Bonchev–Trinajstić information content (AvgIpc) is 2.71. The summed E-state index contributed by atoms with van der Waals surface area (Å²) in [4.78, 5) is 19.5. The molecule has 1 saturated heterocycles. The van der Waals surface area contributed by atoms with Gasteiger partial charge in [0.2, 0.25) is 0 Å². The Balaban J connectivity index is 1.79. The number of hydrogen-bond donors (Lipinski definition) is 1. The van der Waals surface area contributed by atoms with Crippen LogP contribution in [0.5, 0.6) is 0 Å². The zero-order valence-electron chi connectivity index (χ0n) is 15.0. The molecule has 0 bridgehead atoms. The quantitative estimate of drug-likeness (QED) is 0.719. The maximum Gasteiger partial charge on any atom is 0.257 e. The number of aryl methyl sites for hydroxylation is 1. The molecular formula is C21H20FN3OS. The third kappa shape index (κ3) is 3.62. The topological polar surface area (TPSA) is 45.2 Å². The first-order chi connectivity index (χ1) is 13.1. The molecule has 1 N–H and O–H groups in total. The van der Waals surface area contributed by atoms with Gasteiger partial charge in [-0.25, -0.2) is 4.39 Å². The zero-order chi connectivity index (χ0) is 18.8. The zero-order valence-corrected chi connectivity index (χ0v) is 15.9. The molecule has 138 valence electrons. The Bertz CT molecular complexity index is 1000. The van der Waals surface area contributed by atoms with Gasteiger partial charge in [-0.3, -0.25) is 9.78 Å². The molecule has 1 fully saturated rings. The number of hydrogen-bond acceptors (Lipinski definition) is 4. The molecule has 4 nitrogen and oxygen atoms in total. The molecule has 1 amide bonds. The minimum Gasteiger partial charge on any atom is -0.354 e. The normalized spacial score (nSPS) is 14.4. The fourth-order valence-electron chi connectivity index (χ4n) is 3.19. The number of thioether (sulfide) groups is 1. The van der Waals surface area contributed by atoms with Crippen molar-refractivity contribution in [1.82, 2.24) is 9.88 Å². The number of rotatable bonds is 3. The predicted octanol–water partition coefficient (Wildman–Crippen LogP) is 4.61. The van der Waals surface area contributed by atoms with Gasteiger partial charge < -0.3 is 10.2 Å². The summed E-state index contributed by atoms with van der Waals surface area (Å²) >= 11 is 1.86. The number of halogens is 1. The summed E-state index contributed by atoms with van der Waals surface area (Å²) in [6.07, 6.45) is 1.62. The van der Waals surface area contributed by atoms with E-state index in [2.05, 4.69) is 10.3 Å². The van der Waals surface area contributed by atoms with Crippen LogP contribution >= 0.6 is 11.8 Å². The van der Waals surface area contributed by atoms with Crippen LogP contribution < -0.4 is 5.32 Å². The largest absolute Gasteiger partial charge is 0.354 e. The average molecular weight is 381 g/mol. The first-order valence-corrected chi connectivity index (χ1v) is 10.1. The summed E-state index contributed by atoms with van der Waals surface area (Å²) in [7, 11) is 0. The van der Waals surface area contributed by atoms with Gasteiger partial charge in [0.1, 0.15) is 5.82 Å². The molecule has 0 aliphatic carbocycles. The van der Waals surface area contributed by atoms with E-state index in [0.29, 0.717) is 22.5 Å². The number of anilines is 2. The van der Waals surface area contributed by atoms with E-state index in [4.69, 9.17) is 0 Å². The van der Waals surface area contributed by atoms with E-state index in [1.807, 2.05) is 47.0 Å². The van der Waals surface area contributed by atoms with Crippen molar-refractivity contribution in [2.24, 2.45) is 0 Å². The Morgan fingerprint density at radius 2 is 1.96 bits per heavy atom. The van der Waals surface area contributed by atoms with Crippen molar-refractivity contribution in [3.05, 3.63) is 65.6 Å². The lowest BCUT2D eigenvalue weighted by atomic mass is 10.1. The summed E-state index contributed by atoms with van der Waals surface area (Å²) in [6, 6.07) is 12.7. The molecule has 27 heavy (non-hydrogen) atoms. The Morgan fingerprint density at radius 1 is 1.19 bits per heavy atom. The van der Waals surface area contributed by atoms with E-state index < -0.39 is 0 Å². The second-order valence-corrected chi connectivity index (χ2v) is 7.78. The van der Waals surface area contributed by atoms with Gasteiger partial charge in [-0.05, 0) is 30.7 Å². The second kappa shape index (κ2) is 7.56. The summed E-state index contributed by atoms with van der Waals surface area (Å²) in [5.41, 5.74) is 3.17. The molecule has 4 rings (SSSR count). The van der Waals surface area contributed by atoms with Crippen molar-refractivity contribution in [1.29, 1.82) is 0 Å². The molecule has 1 aliphatic rings. The number of nitrogens with zero attached hydrogens (tertiary/aromatic N) is 2. The minimum absolute atomic E-state index is 0.0383. The first kappa shape index (κ1) is 17.8. The maximum absolute atomic E-state index is 14.0. The van der Waals surface area contributed by atoms with Crippen molar-refractivity contribution < 1.29 is 9.18 Å². The van der Waals surface area contributed by atoms with Gasteiger partial charge >= 0.3 is 0 Å². The van der Waals surface area contributed by atoms with E-state index in [1.54, 1.807) is 19.2 Å². The van der Waals surface area contributed by atoms with Crippen LogP contribution in [0.4, 0.5) is 15.8 Å². The maximum atomic E-state index is 14.0. The summed E-state index contributed by atoms with van der Waals surface area (Å²) in [5, 5.41) is 4.11. The third-order valence-electron chi connectivity index (χ3n) is 4.75. The van der Waals surface area contributed by atoms with Crippen molar-refractivity contribution >= 4 is 39.9 Å². The van der Waals surface area contributed by atoms with Gasteiger partial charge in [0, 0.05) is 41.9 Å². The van der Waals surface area contributed by atoms with Crippen LogP contribution in [-0.2, 0) is 0 Å². The van der Waals surface area contributed by atoms with Crippen molar-refractivity contribution in [3.8, 4) is 0 Å². The summed E-state index contributed by atoms with van der Waals surface area (Å²) in [5.74, 6) is 1.57. The highest BCUT2D eigenvalue weighted by molar-refractivity contribution is 7.99. The SMILES string of the molecule is Cc1ccc(Nc2c(C(=O)N3CCSCC3)cnc3ccccc23)cc1F. The van der Waals surface area contributed by atoms with Gasteiger partial charge in [-0.15, -0.1) is 0 Å². The van der Waals surface area contributed by atoms with E-state index in [1.165, 1.54) is 6.07 Å². The molecule has 0 radical (unpaired) electrons. The number of pyridine rings is 1. The lowest BCUT2D eigenvalue weighted by molar-refractivity contribution is 0.0773. The second-order valence-electron chi connectivity index (χ2n) is 6.56. The van der Waals surface area contributed by atoms with Crippen molar-refractivity contribution in [2.45, 2.75) is 6.92 Å². The Hall–Kier alpha value is -2.60. The molecule has 0 atom stereocenters. The standard InChI is InChI=1S/C21H20FN3OS/c1-14-6-7-15(12-18(14)22)24-20-16-4-2-3-5-19(16)23-13-17(20)21(26)25-8-10-27-11-9-25/h2-7,12-13H,8-11H2,1H3,(H,23,24). The number of fused-ring (bicyclic) bond motifs is 1. The van der Waals surface area contributed by atoms with E-state index >= 15 is 0 Å². The third-order valence-corrected chi connectivity index (χ3v) is 5.69. The Morgan fingerprint density at radius 3 is 2.74 bits per heavy atom. The van der Waals surface area contributed by atoms with Gasteiger partial charge in [0.15, 0.2) is 0 Å². The van der Waals surface area contributed by atoms with Crippen LogP contribution in [0.25, 0.3) is 10.9 Å². The van der Waals surface area contributed by atoms with Crippen molar-refractivity contribution in [3.63, 3.8) is 0 Å². The number of nitrogens with one attached hydrogen (secondary N) is 1. The Labute approximate surface area is 161 Å². The smallest absolute Gasteiger partial charge is 0.257 e. The van der Waals surface area contributed by atoms with Gasteiger partial charge in [-0.2, -0.15) is 11.8 Å². The van der Waals surface area contributed by atoms with E-state index in [-0.39, 0.29) is 11.7 Å². The Kier molecular flexibility index (Phi) is 4.99. The van der Waals surface area contributed by atoms with Crippen LogP contribution in [-0.4, -0.2) is 40.4 Å². The lowest BCUT2D eigenvalue weighted by Crippen LogP contribution is -2.38. The molecule has 2 heterocycles. The fourth-order valence-corrected chi connectivity index (χ4v) is 4.09. The molecule has 1 aromatic heterocycles. The van der Waals surface area contributed by atoms with E-state index in [9.17, 15) is 9.18 Å². The molecule has 2 aromatic carbocycles. The van der Waals surface area contributed by atoms with Crippen LogP contribution in [0.1, 0.15) is 15.9 Å². The number of amides is 1. The highest BCUT2D eigenvalue weighted by Crippen LogP contribution is 2.31. The molecular weight excluding hydrogens is 361 g/mol. The number of aromatic nitrogens is 1. The molecule has 0 saturated carbocycles. The van der Waals surface area contributed by atoms with Crippen LogP contribution in [0.2, 0.25) is 0 Å². The summed E-state index contributed by atoms with van der Waals surface area (Å²) in [6.45, 7) is 3.19. The molecule has 0 unspecified atom stereocenters. The monoisotopic (exact) mass is 381 g/mol. The minimum atomic E-state index is -0.278. The number of carbonyl (C=O) groups is 1. The van der Waals surface area contributed by atoms with Crippen LogP contribution in [0.15, 0.2) is 48.7 Å². The number of carbonyl (C=O) groups excluding carboxylic acids is 1. The van der Waals surface area contributed by atoms with Crippen LogP contribution in [0.3, 0.4) is 0 Å². The predicted molar refractivity (Wildman–Crippen MR) is 109 cm³/mol. The number of benzene rings is 2. The molecule has 1 aliphatic heterocycles. The highest BCUT2D eigenvalue weighted by atomic mass is 32.2. The fraction of sp³-hybridized carbons (Fsp3) is 0.238. The van der Waals surface area contributed by atoms with Crippen molar-refractivity contribution in [2.75, 3.05) is 29.9 Å². The molecule has 0 spiro atoms. The molecule has 3 aromatic rings. The lowest BCUT2D eigenvalue weighted by Gasteiger charge is -2.27.